The van der Waals surface area contributed by atoms with Gasteiger partial charge in [-0.2, -0.15) is 0 Å². The second-order valence-corrected chi connectivity index (χ2v) is 6.83. The van der Waals surface area contributed by atoms with Crippen LogP contribution in [0.3, 0.4) is 0 Å². The summed E-state index contributed by atoms with van der Waals surface area (Å²) in [7, 11) is 0. The Morgan fingerprint density at radius 2 is 2.08 bits per heavy atom. The molecule has 1 N–H and O–H groups in total. The van der Waals surface area contributed by atoms with E-state index in [1.165, 1.54) is 23.9 Å². The highest BCUT2D eigenvalue weighted by Crippen LogP contribution is 2.25. The normalized spacial score (nSPS) is 11.9. The molecule has 3 aromatic rings. The van der Waals surface area contributed by atoms with Crippen LogP contribution in [0.4, 0.5) is 4.39 Å². The van der Waals surface area contributed by atoms with Gasteiger partial charge in [0.2, 0.25) is 11.8 Å². The number of benzene rings is 1. The summed E-state index contributed by atoms with van der Waals surface area (Å²) in [6.07, 6.45) is 3.93. The zero-order valence-corrected chi connectivity index (χ0v) is 14.9. The summed E-state index contributed by atoms with van der Waals surface area (Å²) in [5.41, 5.74) is 1.69. The molecule has 0 aliphatic heterocycles. The highest BCUT2D eigenvalue weighted by molar-refractivity contribution is 8.00. The molecule has 134 valence electrons. The first-order chi connectivity index (χ1) is 12.6. The van der Waals surface area contributed by atoms with Crippen molar-refractivity contribution in [3.63, 3.8) is 0 Å². The number of halogens is 1. The summed E-state index contributed by atoms with van der Waals surface area (Å²) < 4.78 is 18.4. The van der Waals surface area contributed by atoms with Crippen LogP contribution in [-0.2, 0) is 11.2 Å². The van der Waals surface area contributed by atoms with Crippen LogP contribution < -0.4 is 5.32 Å². The van der Waals surface area contributed by atoms with Gasteiger partial charge in [0.05, 0.1) is 10.8 Å². The van der Waals surface area contributed by atoms with E-state index in [2.05, 4.69) is 20.5 Å². The van der Waals surface area contributed by atoms with Gasteiger partial charge >= 0.3 is 0 Å². The van der Waals surface area contributed by atoms with Gasteiger partial charge in [0, 0.05) is 18.9 Å². The minimum atomic E-state index is -0.384. The molecule has 0 aliphatic rings. The number of thioether (sulfide) groups is 1. The standard InChI is InChI=1S/C18H17FN4O2S/c1-12(16(24)21-10-8-13-4-6-15(19)7-5-13)26-18-23-22-17(25-18)14-3-2-9-20-11-14/h2-7,9,11-12H,8,10H2,1H3,(H,21,24)/t12-/m1/s1. The summed E-state index contributed by atoms with van der Waals surface area (Å²) in [5.74, 6) is -0.0317. The molecule has 1 aromatic carbocycles. The van der Waals surface area contributed by atoms with E-state index in [0.717, 1.165) is 11.1 Å². The minimum Gasteiger partial charge on any atom is -0.411 e. The fourth-order valence-electron chi connectivity index (χ4n) is 2.19. The number of rotatable bonds is 7. The van der Waals surface area contributed by atoms with E-state index < -0.39 is 0 Å². The van der Waals surface area contributed by atoms with Crippen molar-refractivity contribution in [2.75, 3.05) is 6.54 Å². The molecule has 0 unspecified atom stereocenters. The third kappa shape index (κ3) is 4.89. The van der Waals surface area contributed by atoms with Crippen molar-refractivity contribution in [2.45, 2.75) is 23.8 Å². The highest BCUT2D eigenvalue weighted by atomic mass is 32.2. The first-order valence-electron chi connectivity index (χ1n) is 8.04. The lowest BCUT2D eigenvalue weighted by Gasteiger charge is -2.09. The molecule has 8 heteroatoms. The SMILES string of the molecule is C[C@@H](Sc1nnc(-c2cccnc2)o1)C(=O)NCCc1ccc(F)cc1. The molecule has 0 aliphatic carbocycles. The predicted molar refractivity (Wildman–Crippen MR) is 96.0 cm³/mol. The number of carbonyl (C=O) groups is 1. The number of hydrogen-bond acceptors (Lipinski definition) is 6. The van der Waals surface area contributed by atoms with Crippen molar-refractivity contribution in [1.29, 1.82) is 0 Å². The second-order valence-electron chi connectivity index (χ2n) is 5.54. The highest BCUT2D eigenvalue weighted by Gasteiger charge is 2.18. The maximum atomic E-state index is 12.9. The summed E-state index contributed by atoms with van der Waals surface area (Å²) in [6.45, 7) is 2.24. The second kappa shape index (κ2) is 8.57. The number of aromatic nitrogens is 3. The topological polar surface area (TPSA) is 80.9 Å². The van der Waals surface area contributed by atoms with E-state index in [1.807, 2.05) is 6.07 Å². The summed E-state index contributed by atoms with van der Waals surface area (Å²) in [4.78, 5) is 16.2. The van der Waals surface area contributed by atoms with E-state index in [9.17, 15) is 9.18 Å². The average molecular weight is 372 g/mol. The first kappa shape index (κ1) is 18.1. The Hall–Kier alpha value is -2.74. The minimum absolute atomic E-state index is 0.127. The monoisotopic (exact) mass is 372 g/mol. The van der Waals surface area contributed by atoms with Crippen molar-refractivity contribution < 1.29 is 13.6 Å². The summed E-state index contributed by atoms with van der Waals surface area (Å²) in [6, 6.07) is 9.83. The number of nitrogens with zero attached hydrogens (tertiary/aromatic N) is 3. The van der Waals surface area contributed by atoms with E-state index in [-0.39, 0.29) is 17.0 Å². The molecule has 0 spiro atoms. The molecule has 3 rings (SSSR count). The quantitative estimate of drug-likeness (QED) is 0.642. The van der Waals surface area contributed by atoms with Crippen LogP contribution in [0.1, 0.15) is 12.5 Å². The predicted octanol–water partition coefficient (Wildman–Crippen LogP) is 3.11. The fourth-order valence-corrected chi connectivity index (χ4v) is 2.90. The van der Waals surface area contributed by atoms with Gasteiger partial charge in [0.25, 0.3) is 5.22 Å². The lowest BCUT2D eigenvalue weighted by atomic mass is 10.1. The Labute approximate surface area is 154 Å². The molecule has 2 heterocycles. The Kier molecular flexibility index (Phi) is 5.96. The first-order valence-corrected chi connectivity index (χ1v) is 8.92. The van der Waals surface area contributed by atoms with Gasteiger partial charge in [-0.25, -0.2) is 4.39 Å². The maximum absolute atomic E-state index is 12.9. The Morgan fingerprint density at radius 3 is 2.81 bits per heavy atom. The molecule has 1 atom stereocenters. The number of pyridine rings is 1. The third-order valence-electron chi connectivity index (χ3n) is 3.59. The van der Waals surface area contributed by atoms with Crippen LogP contribution in [0.15, 0.2) is 58.4 Å². The average Bonchev–Trinajstić information content (AvgIpc) is 3.12. The van der Waals surface area contributed by atoms with Crippen molar-refractivity contribution >= 4 is 17.7 Å². The van der Waals surface area contributed by atoms with Gasteiger partial charge in [0.1, 0.15) is 5.82 Å². The molecule has 0 fully saturated rings. The number of nitrogens with one attached hydrogen (secondary N) is 1. The largest absolute Gasteiger partial charge is 0.411 e. The molecule has 26 heavy (non-hydrogen) atoms. The third-order valence-corrected chi connectivity index (χ3v) is 4.52. The molecule has 0 bridgehead atoms. The number of amides is 1. The van der Waals surface area contributed by atoms with Crippen LogP contribution in [0.5, 0.6) is 0 Å². The zero-order valence-electron chi connectivity index (χ0n) is 14.1. The van der Waals surface area contributed by atoms with Gasteiger partial charge in [-0.15, -0.1) is 10.2 Å². The van der Waals surface area contributed by atoms with Crippen molar-refractivity contribution in [1.82, 2.24) is 20.5 Å². The number of hydrogen-bond donors (Lipinski definition) is 1. The van der Waals surface area contributed by atoms with Gasteiger partial charge in [0.15, 0.2) is 0 Å². The van der Waals surface area contributed by atoms with Crippen molar-refractivity contribution in [3.05, 3.63) is 60.2 Å². The van der Waals surface area contributed by atoms with E-state index in [4.69, 9.17) is 4.42 Å². The Bertz CT molecular complexity index is 855. The van der Waals surface area contributed by atoms with E-state index in [0.29, 0.717) is 24.1 Å². The molecule has 0 saturated heterocycles. The van der Waals surface area contributed by atoms with Crippen molar-refractivity contribution in [2.24, 2.45) is 0 Å². The Balaban J connectivity index is 1.48. The molecule has 2 aromatic heterocycles. The van der Waals surface area contributed by atoms with Crippen LogP contribution in [-0.4, -0.2) is 32.9 Å². The lowest BCUT2D eigenvalue weighted by Crippen LogP contribution is -2.32. The maximum Gasteiger partial charge on any atom is 0.277 e. The van der Waals surface area contributed by atoms with Crippen LogP contribution in [0.25, 0.3) is 11.5 Å². The van der Waals surface area contributed by atoms with Crippen LogP contribution in [0.2, 0.25) is 0 Å². The number of carbonyl (C=O) groups excluding carboxylic acids is 1. The van der Waals surface area contributed by atoms with E-state index in [1.54, 1.807) is 37.5 Å². The smallest absolute Gasteiger partial charge is 0.277 e. The van der Waals surface area contributed by atoms with E-state index >= 15 is 0 Å². The molecule has 0 radical (unpaired) electrons. The molecule has 6 nitrogen and oxygen atoms in total. The van der Waals surface area contributed by atoms with Crippen LogP contribution >= 0.6 is 11.8 Å². The fraction of sp³-hybridized carbons (Fsp3) is 0.222. The lowest BCUT2D eigenvalue weighted by molar-refractivity contribution is -0.120. The zero-order chi connectivity index (χ0) is 18.4. The van der Waals surface area contributed by atoms with Gasteiger partial charge < -0.3 is 9.73 Å². The van der Waals surface area contributed by atoms with Gasteiger partial charge in [-0.1, -0.05) is 23.9 Å². The molecule has 0 saturated carbocycles. The summed E-state index contributed by atoms with van der Waals surface area (Å²) in [5, 5.41) is 10.7. The van der Waals surface area contributed by atoms with Gasteiger partial charge in [-0.3, -0.25) is 9.78 Å². The Morgan fingerprint density at radius 1 is 1.27 bits per heavy atom. The molecule has 1 amide bonds. The van der Waals surface area contributed by atoms with Crippen molar-refractivity contribution in [3.8, 4) is 11.5 Å². The molecular formula is C18H17FN4O2S. The summed E-state index contributed by atoms with van der Waals surface area (Å²) >= 11 is 1.19. The van der Waals surface area contributed by atoms with Gasteiger partial charge in [-0.05, 0) is 43.2 Å². The molecular weight excluding hydrogens is 355 g/mol. The van der Waals surface area contributed by atoms with Crippen LogP contribution in [0, 0.1) is 5.82 Å².